The van der Waals surface area contributed by atoms with Crippen LogP contribution < -0.4 is 4.90 Å². The van der Waals surface area contributed by atoms with Crippen molar-refractivity contribution in [1.82, 2.24) is 14.5 Å². The van der Waals surface area contributed by atoms with Gasteiger partial charge in [-0.15, -0.1) is 0 Å². The lowest BCUT2D eigenvalue weighted by Gasteiger charge is -2.22. The highest BCUT2D eigenvalue weighted by atomic mass is 16.5. The highest BCUT2D eigenvalue weighted by Gasteiger charge is 2.21. The van der Waals surface area contributed by atoms with Gasteiger partial charge in [0.1, 0.15) is 11.6 Å². The molecule has 0 spiro atoms. The summed E-state index contributed by atoms with van der Waals surface area (Å²) >= 11 is 0. The average molecular weight is 379 g/mol. The summed E-state index contributed by atoms with van der Waals surface area (Å²) in [6.07, 6.45) is 4.68. The number of fused-ring (bicyclic) bond motifs is 1. The number of pyridine rings is 1. The predicted octanol–water partition coefficient (Wildman–Crippen LogP) is 4.82. The summed E-state index contributed by atoms with van der Waals surface area (Å²) < 4.78 is 8.06. The number of benzene rings is 1. The van der Waals surface area contributed by atoms with Crippen LogP contribution in [0.1, 0.15) is 39.2 Å². The summed E-state index contributed by atoms with van der Waals surface area (Å²) in [5.74, 6) is 2.02. The second kappa shape index (κ2) is 7.92. The normalized spacial score (nSPS) is 17.2. The fourth-order valence-electron chi connectivity index (χ4n) is 4.03. The second-order valence-corrected chi connectivity index (χ2v) is 8.09. The summed E-state index contributed by atoms with van der Waals surface area (Å²) in [5, 5.41) is 0. The van der Waals surface area contributed by atoms with Crippen LogP contribution in [0.2, 0.25) is 0 Å². The molecule has 2 aromatic heterocycles. The monoisotopic (exact) mass is 378 g/mol. The first kappa shape index (κ1) is 18.9. The van der Waals surface area contributed by atoms with Gasteiger partial charge in [0.15, 0.2) is 0 Å². The first-order chi connectivity index (χ1) is 13.5. The molecule has 0 N–H and O–H groups in total. The Labute approximate surface area is 167 Å². The lowest BCUT2D eigenvalue weighted by molar-refractivity contribution is 0.0735. The molecule has 0 radical (unpaired) electrons. The van der Waals surface area contributed by atoms with Gasteiger partial charge in [-0.05, 0) is 70.4 Å². The van der Waals surface area contributed by atoms with Crippen LogP contribution in [0.25, 0.3) is 22.4 Å². The van der Waals surface area contributed by atoms with E-state index in [2.05, 4.69) is 67.5 Å². The second-order valence-electron chi connectivity index (χ2n) is 8.09. The van der Waals surface area contributed by atoms with E-state index in [9.17, 15) is 0 Å². The number of aromatic nitrogens is 3. The molecule has 0 saturated carbocycles. The molecule has 148 valence electrons. The van der Waals surface area contributed by atoms with Crippen molar-refractivity contribution in [2.45, 2.75) is 59.2 Å². The van der Waals surface area contributed by atoms with E-state index in [1.165, 1.54) is 18.4 Å². The number of hydrogen-bond donors (Lipinski definition) is 0. The van der Waals surface area contributed by atoms with E-state index < -0.39 is 0 Å². The SMILES string of the molecule is Cc1ccc2c(c1)nc(-c1ccc(N3CCCC3C)nc1)n2CCOC(C)C. The Balaban J connectivity index is 1.68. The number of aryl methyl sites for hydroxylation is 1. The van der Waals surface area contributed by atoms with Crippen LogP contribution in [0.4, 0.5) is 5.82 Å². The minimum absolute atomic E-state index is 0.226. The van der Waals surface area contributed by atoms with E-state index in [1.54, 1.807) is 0 Å². The summed E-state index contributed by atoms with van der Waals surface area (Å²) in [7, 11) is 0. The van der Waals surface area contributed by atoms with Crippen molar-refractivity contribution in [2.75, 3.05) is 18.1 Å². The molecule has 1 aliphatic heterocycles. The van der Waals surface area contributed by atoms with Crippen molar-refractivity contribution in [2.24, 2.45) is 0 Å². The fourth-order valence-corrected chi connectivity index (χ4v) is 4.03. The zero-order chi connectivity index (χ0) is 19.7. The highest BCUT2D eigenvalue weighted by Crippen LogP contribution is 2.28. The Kier molecular flexibility index (Phi) is 5.36. The molecular weight excluding hydrogens is 348 g/mol. The van der Waals surface area contributed by atoms with Crippen molar-refractivity contribution >= 4 is 16.9 Å². The Hall–Kier alpha value is -2.40. The molecule has 3 heterocycles. The molecule has 3 aromatic rings. The quantitative estimate of drug-likeness (QED) is 0.617. The van der Waals surface area contributed by atoms with Crippen molar-refractivity contribution in [3.8, 4) is 11.4 Å². The third-order valence-corrected chi connectivity index (χ3v) is 5.52. The molecule has 4 rings (SSSR count). The largest absolute Gasteiger partial charge is 0.377 e. The predicted molar refractivity (Wildman–Crippen MR) is 115 cm³/mol. The number of ether oxygens (including phenoxy) is 1. The molecule has 0 aliphatic carbocycles. The standard InChI is InChI=1S/C23H30N4O/c1-16(2)28-13-12-27-21-9-7-17(3)14-20(21)25-23(27)19-8-10-22(24-15-19)26-11-5-6-18(26)4/h7-10,14-16,18H,5-6,11-13H2,1-4H3. The molecule has 5 heteroatoms. The Morgan fingerprint density at radius 3 is 2.75 bits per heavy atom. The summed E-state index contributed by atoms with van der Waals surface area (Å²) in [4.78, 5) is 12.1. The van der Waals surface area contributed by atoms with E-state index in [4.69, 9.17) is 14.7 Å². The van der Waals surface area contributed by atoms with Crippen molar-refractivity contribution < 1.29 is 4.74 Å². The number of rotatable bonds is 6. The molecule has 0 bridgehead atoms. The van der Waals surface area contributed by atoms with Crippen LogP contribution in [0.15, 0.2) is 36.5 Å². The molecular formula is C23H30N4O. The van der Waals surface area contributed by atoms with Crippen molar-refractivity contribution in [3.05, 3.63) is 42.1 Å². The first-order valence-electron chi connectivity index (χ1n) is 10.3. The van der Waals surface area contributed by atoms with E-state index in [1.807, 2.05) is 6.20 Å². The van der Waals surface area contributed by atoms with E-state index >= 15 is 0 Å². The maximum atomic E-state index is 5.81. The van der Waals surface area contributed by atoms with Gasteiger partial charge in [0.05, 0.1) is 23.7 Å². The lowest BCUT2D eigenvalue weighted by Crippen LogP contribution is -2.26. The molecule has 28 heavy (non-hydrogen) atoms. The van der Waals surface area contributed by atoms with Crippen molar-refractivity contribution in [1.29, 1.82) is 0 Å². The third-order valence-electron chi connectivity index (χ3n) is 5.52. The van der Waals surface area contributed by atoms with Gasteiger partial charge < -0.3 is 14.2 Å². The number of imidazole rings is 1. The molecule has 1 aromatic carbocycles. The van der Waals surface area contributed by atoms with Crippen LogP contribution in [-0.4, -0.2) is 39.8 Å². The molecule has 5 nitrogen and oxygen atoms in total. The molecule has 1 unspecified atom stereocenters. The van der Waals surface area contributed by atoms with Crippen LogP contribution in [0, 0.1) is 6.92 Å². The van der Waals surface area contributed by atoms with Gasteiger partial charge in [-0.25, -0.2) is 9.97 Å². The van der Waals surface area contributed by atoms with E-state index in [0.29, 0.717) is 12.6 Å². The lowest BCUT2D eigenvalue weighted by atomic mass is 10.2. The molecule has 1 saturated heterocycles. The first-order valence-corrected chi connectivity index (χ1v) is 10.3. The summed E-state index contributed by atoms with van der Waals surface area (Å²) in [5.41, 5.74) is 4.44. The zero-order valence-electron chi connectivity index (χ0n) is 17.4. The van der Waals surface area contributed by atoms with E-state index in [0.717, 1.165) is 41.3 Å². The number of hydrogen-bond acceptors (Lipinski definition) is 4. The number of anilines is 1. The molecule has 1 fully saturated rings. The van der Waals surface area contributed by atoms with Gasteiger partial charge in [0.25, 0.3) is 0 Å². The van der Waals surface area contributed by atoms with Gasteiger partial charge >= 0.3 is 0 Å². The van der Waals surface area contributed by atoms with Crippen LogP contribution in [0.3, 0.4) is 0 Å². The van der Waals surface area contributed by atoms with Gasteiger partial charge in [-0.2, -0.15) is 0 Å². The molecule has 1 atom stereocenters. The Bertz CT molecular complexity index is 945. The molecule has 1 aliphatic rings. The smallest absolute Gasteiger partial charge is 0.142 e. The van der Waals surface area contributed by atoms with Crippen LogP contribution in [0.5, 0.6) is 0 Å². The third kappa shape index (κ3) is 3.76. The molecule has 0 amide bonds. The summed E-state index contributed by atoms with van der Waals surface area (Å²) in [6.45, 7) is 11.1. The van der Waals surface area contributed by atoms with Gasteiger partial charge in [-0.3, -0.25) is 0 Å². The summed E-state index contributed by atoms with van der Waals surface area (Å²) in [6, 6.07) is 11.3. The maximum absolute atomic E-state index is 5.81. The minimum Gasteiger partial charge on any atom is -0.377 e. The topological polar surface area (TPSA) is 43.2 Å². The highest BCUT2D eigenvalue weighted by molar-refractivity contribution is 5.81. The van der Waals surface area contributed by atoms with Gasteiger partial charge in [0.2, 0.25) is 0 Å². The van der Waals surface area contributed by atoms with Crippen molar-refractivity contribution in [3.63, 3.8) is 0 Å². The Morgan fingerprint density at radius 1 is 1.21 bits per heavy atom. The maximum Gasteiger partial charge on any atom is 0.142 e. The van der Waals surface area contributed by atoms with Gasteiger partial charge in [-0.1, -0.05) is 6.07 Å². The fraction of sp³-hybridized carbons (Fsp3) is 0.478. The minimum atomic E-state index is 0.226. The van der Waals surface area contributed by atoms with Crippen LogP contribution in [-0.2, 0) is 11.3 Å². The van der Waals surface area contributed by atoms with Crippen LogP contribution >= 0.6 is 0 Å². The van der Waals surface area contributed by atoms with E-state index in [-0.39, 0.29) is 6.10 Å². The average Bonchev–Trinajstić information content (AvgIpc) is 3.25. The van der Waals surface area contributed by atoms with Gasteiger partial charge in [0, 0.05) is 30.9 Å². The zero-order valence-corrected chi connectivity index (χ0v) is 17.4. The Morgan fingerprint density at radius 2 is 2.07 bits per heavy atom. The number of nitrogens with zero attached hydrogens (tertiary/aromatic N) is 4.